The number of carbonyl (C=O) groups excluding carboxylic acids is 1. The predicted molar refractivity (Wildman–Crippen MR) is 90.2 cm³/mol. The van der Waals surface area contributed by atoms with E-state index in [0.29, 0.717) is 32.7 Å². The number of anilines is 1. The molecule has 6 heteroatoms. The Labute approximate surface area is 140 Å². The van der Waals surface area contributed by atoms with E-state index in [0.717, 1.165) is 10.0 Å². The van der Waals surface area contributed by atoms with Gasteiger partial charge in [0.05, 0.1) is 21.4 Å². The third-order valence-electron chi connectivity index (χ3n) is 3.25. The molecular weight excluding hydrogens is 375 g/mol. The van der Waals surface area contributed by atoms with Crippen LogP contribution >= 0.6 is 39.1 Å². The first-order chi connectivity index (χ1) is 9.99. The Kier molecular flexibility index (Phi) is 3.78. The van der Waals surface area contributed by atoms with Gasteiger partial charge in [-0.05, 0) is 46.6 Å². The second kappa shape index (κ2) is 5.44. The molecule has 0 fully saturated rings. The molecule has 3 nitrogen and oxygen atoms in total. The Morgan fingerprint density at radius 1 is 1.24 bits per heavy atom. The van der Waals surface area contributed by atoms with Gasteiger partial charge in [0, 0.05) is 10.0 Å². The second-order valence-electron chi connectivity index (χ2n) is 4.59. The Hall–Kier alpha value is -1.36. The molecule has 3 rings (SSSR count). The lowest BCUT2D eigenvalue weighted by Gasteiger charge is -2.07. The second-order valence-corrected chi connectivity index (χ2v) is 6.23. The van der Waals surface area contributed by atoms with Gasteiger partial charge in [0.2, 0.25) is 0 Å². The van der Waals surface area contributed by atoms with Crippen LogP contribution in [0.15, 0.2) is 39.8 Å². The molecule has 0 aliphatic carbocycles. The van der Waals surface area contributed by atoms with Crippen LogP contribution in [0.4, 0.5) is 11.4 Å². The van der Waals surface area contributed by atoms with Crippen molar-refractivity contribution in [3.63, 3.8) is 0 Å². The maximum atomic E-state index is 12.2. The predicted octanol–water partition coefficient (Wildman–Crippen LogP) is 5.14. The van der Waals surface area contributed by atoms with E-state index < -0.39 is 0 Å². The average molecular weight is 384 g/mol. The number of amides is 1. The van der Waals surface area contributed by atoms with Crippen molar-refractivity contribution in [3.05, 3.63) is 56.0 Å². The third kappa shape index (κ3) is 2.48. The summed E-state index contributed by atoms with van der Waals surface area (Å²) in [5.74, 6) is -0.262. The standard InChI is InChI=1S/C15H9BrCl2N2O/c1-7-12(18)9(16)6-8-13(7)20-15(21)14(8)19-11-5-3-2-4-10(11)17/h2-6H,1H3,(H,19,20,21). The molecule has 2 aromatic carbocycles. The van der Waals surface area contributed by atoms with Crippen LogP contribution < -0.4 is 5.32 Å². The summed E-state index contributed by atoms with van der Waals surface area (Å²) in [5, 5.41) is 3.88. The highest BCUT2D eigenvalue weighted by atomic mass is 79.9. The zero-order valence-corrected chi connectivity index (χ0v) is 14.0. The first-order valence-electron chi connectivity index (χ1n) is 6.12. The van der Waals surface area contributed by atoms with Crippen LogP contribution in [0.2, 0.25) is 10.0 Å². The SMILES string of the molecule is Cc1c(Cl)c(Br)cc2c1NC(=O)C2=Nc1ccccc1Cl. The zero-order valence-electron chi connectivity index (χ0n) is 10.9. The fraction of sp³-hybridized carbons (Fsp3) is 0.0667. The number of fused-ring (bicyclic) bond motifs is 1. The maximum absolute atomic E-state index is 12.2. The average Bonchev–Trinajstić information content (AvgIpc) is 2.76. The highest BCUT2D eigenvalue weighted by Gasteiger charge is 2.29. The molecule has 0 saturated heterocycles. The third-order valence-corrected chi connectivity index (χ3v) is 4.91. The van der Waals surface area contributed by atoms with E-state index in [9.17, 15) is 4.79 Å². The summed E-state index contributed by atoms with van der Waals surface area (Å²) in [5.41, 5.74) is 3.10. The number of aliphatic imine (C=N–C) groups is 1. The highest BCUT2D eigenvalue weighted by molar-refractivity contribution is 9.10. The largest absolute Gasteiger partial charge is 0.320 e. The number of rotatable bonds is 1. The summed E-state index contributed by atoms with van der Waals surface area (Å²) in [7, 11) is 0. The molecule has 0 atom stereocenters. The van der Waals surface area contributed by atoms with Crippen molar-refractivity contribution in [1.82, 2.24) is 0 Å². The van der Waals surface area contributed by atoms with Gasteiger partial charge in [0.1, 0.15) is 5.71 Å². The lowest BCUT2D eigenvalue weighted by molar-refractivity contribution is -0.110. The number of nitrogens with zero attached hydrogens (tertiary/aromatic N) is 1. The van der Waals surface area contributed by atoms with Crippen LogP contribution in [0, 0.1) is 6.92 Å². The normalized spacial score (nSPS) is 15.2. The molecule has 106 valence electrons. The minimum Gasteiger partial charge on any atom is -0.320 e. The van der Waals surface area contributed by atoms with Gasteiger partial charge in [-0.25, -0.2) is 4.99 Å². The molecule has 1 aliphatic heterocycles. The van der Waals surface area contributed by atoms with Gasteiger partial charge in [0.15, 0.2) is 0 Å². The van der Waals surface area contributed by atoms with Gasteiger partial charge in [-0.1, -0.05) is 35.3 Å². The summed E-state index contributed by atoms with van der Waals surface area (Å²) in [6, 6.07) is 8.92. The van der Waals surface area contributed by atoms with Gasteiger partial charge in [0.25, 0.3) is 5.91 Å². The molecule has 0 unspecified atom stereocenters. The Bertz CT molecular complexity index is 803. The van der Waals surface area contributed by atoms with Crippen LogP contribution in [0.25, 0.3) is 0 Å². The van der Waals surface area contributed by atoms with Gasteiger partial charge in [-0.2, -0.15) is 0 Å². The van der Waals surface area contributed by atoms with Crippen LogP contribution in [0.3, 0.4) is 0 Å². The number of hydrogen-bond acceptors (Lipinski definition) is 2. The van der Waals surface area contributed by atoms with Crippen molar-refractivity contribution in [1.29, 1.82) is 0 Å². The molecule has 0 spiro atoms. The first kappa shape index (κ1) is 14.6. The van der Waals surface area contributed by atoms with Gasteiger partial charge in [-0.3, -0.25) is 4.79 Å². The number of hydrogen-bond donors (Lipinski definition) is 1. The van der Waals surface area contributed by atoms with Crippen molar-refractivity contribution in [2.75, 3.05) is 5.32 Å². The molecule has 2 aromatic rings. The number of halogens is 3. The maximum Gasteiger partial charge on any atom is 0.275 e. The minimum atomic E-state index is -0.262. The summed E-state index contributed by atoms with van der Waals surface area (Å²) >= 11 is 15.7. The fourth-order valence-electron chi connectivity index (χ4n) is 2.17. The van der Waals surface area contributed by atoms with Crippen LogP contribution in [0.5, 0.6) is 0 Å². The lowest BCUT2D eigenvalue weighted by atomic mass is 10.1. The summed E-state index contributed by atoms with van der Waals surface area (Å²) < 4.78 is 0.726. The van der Waals surface area contributed by atoms with E-state index in [1.807, 2.05) is 19.1 Å². The quantitative estimate of drug-likeness (QED) is 0.727. The van der Waals surface area contributed by atoms with E-state index in [-0.39, 0.29) is 5.91 Å². The molecule has 0 bridgehead atoms. The molecular formula is C15H9BrCl2N2O. The Morgan fingerprint density at radius 2 is 1.95 bits per heavy atom. The lowest BCUT2D eigenvalue weighted by Crippen LogP contribution is -2.14. The molecule has 21 heavy (non-hydrogen) atoms. The number of carbonyl (C=O) groups is 1. The molecule has 1 amide bonds. The van der Waals surface area contributed by atoms with Crippen molar-refractivity contribution in [2.45, 2.75) is 6.92 Å². The van der Waals surface area contributed by atoms with Crippen LogP contribution in [-0.4, -0.2) is 11.6 Å². The van der Waals surface area contributed by atoms with Gasteiger partial charge in [-0.15, -0.1) is 0 Å². The molecule has 1 N–H and O–H groups in total. The molecule has 0 radical (unpaired) electrons. The number of para-hydroxylation sites is 1. The van der Waals surface area contributed by atoms with Crippen molar-refractivity contribution < 1.29 is 4.79 Å². The Morgan fingerprint density at radius 3 is 2.67 bits per heavy atom. The smallest absolute Gasteiger partial charge is 0.275 e. The van der Waals surface area contributed by atoms with Crippen molar-refractivity contribution in [3.8, 4) is 0 Å². The minimum absolute atomic E-state index is 0.262. The molecule has 0 saturated carbocycles. The summed E-state index contributed by atoms with van der Waals surface area (Å²) in [4.78, 5) is 16.6. The van der Waals surface area contributed by atoms with Gasteiger partial charge >= 0.3 is 0 Å². The van der Waals surface area contributed by atoms with E-state index in [4.69, 9.17) is 23.2 Å². The van der Waals surface area contributed by atoms with Crippen molar-refractivity contribution in [2.24, 2.45) is 4.99 Å². The molecule has 0 aromatic heterocycles. The first-order valence-corrected chi connectivity index (χ1v) is 7.67. The topological polar surface area (TPSA) is 41.5 Å². The summed E-state index contributed by atoms with van der Waals surface area (Å²) in [6.07, 6.45) is 0. The highest BCUT2D eigenvalue weighted by Crippen LogP contribution is 2.38. The van der Waals surface area contributed by atoms with Gasteiger partial charge < -0.3 is 5.32 Å². The van der Waals surface area contributed by atoms with Crippen molar-refractivity contribution >= 4 is 62.1 Å². The number of nitrogens with one attached hydrogen (secondary N) is 1. The molecule has 1 aliphatic rings. The number of benzene rings is 2. The van der Waals surface area contributed by atoms with E-state index in [2.05, 4.69) is 26.2 Å². The molecule has 1 heterocycles. The van der Waals surface area contributed by atoms with E-state index in [1.54, 1.807) is 18.2 Å². The zero-order chi connectivity index (χ0) is 15.1. The Balaban J connectivity index is 2.20. The van der Waals surface area contributed by atoms with Crippen LogP contribution in [0.1, 0.15) is 11.1 Å². The van der Waals surface area contributed by atoms with Crippen LogP contribution in [-0.2, 0) is 4.79 Å². The monoisotopic (exact) mass is 382 g/mol. The fourth-order valence-corrected chi connectivity index (χ4v) is 3.02. The van der Waals surface area contributed by atoms with E-state index in [1.165, 1.54) is 0 Å². The summed E-state index contributed by atoms with van der Waals surface area (Å²) in [6.45, 7) is 1.85. The van der Waals surface area contributed by atoms with E-state index >= 15 is 0 Å².